The predicted octanol–water partition coefficient (Wildman–Crippen LogP) is 2.96. The summed E-state index contributed by atoms with van der Waals surface area (Å²) in [5.74, 6) is 14.3. The lowest BCUT2D eigenvalue weighted by molar-refractivity contribution is -0.0812. The third kappa shape index (κ3) is 17.6. The van der Waals surface area contributed by atoms with E-state index >= 15 is 0 Å². The largest absolute Gasteiger partial charge is 0.448 e. The molecule has 1 aromatic rings. The zero-order valence-electron chi connectivity index (χ0n) is 27.7. The molecule has 0 bridgehead atoms. The van der Waals surface area contributed by atoms with Crippen molar-refractivity contribution in [3.8, 4) is 74.1 Å². The molecule has 0 radical (unpaired) electrons. The number of benzene rings is 1. The van der Waals surface area contributed by atoms with Crippen LogP contribution < -0.4 is 10.6 Å². The molecule has 2 N–H and O–H groups in total. The van der Waals surface area contributed by atoms with E-state index in [1.165, 1.54) is 6.07 Å². The van der Waals surface area contributed by atoms with Crippen LogP contribution in [-0.4, -0.2) is 105 Å². The van der Waals surface area contributed by atoms with Crippen LogP contribution in [0.1, 0.15) is 5.56 Å². The SMILES string of the molecule is C#CCOCC(COCC#C)(COCC#C)COC(=O)Nc1ccc(C)c(NC(=O)OCC(COCC#C)(COCC#C)COCC#C)c1. The molecule has 0 heterocycles. The maximum absolute atomic E-state index is 12.9. The lowest BCUT2D eigenvalue weighted by atomic mass is 9.92. The van der Waals surface area contributed by atoms with Crippen molar-refractivity contribution in [3.63, 3.8) is 0 Å². The van der Waals surface area contributed by atoms with Crippen molar-refractivity contribution in [1.29, 1.82) is 0 Å². The standard InChI is InChI=1S/C37H42N2O10/c1-8-16-42-23-36(24-43-17-9-2,25-44-18-10-3)29-48-34(40)38-32-15-14-31(7)33(22-32)39-35(41)49-30-37(26-45-19-11-4,27-46-20-12-5)28-47-21-13-6/h1-6,14-15,22H,16-21,23-30H2,7H3,(H,38,40)(H,39,41). The molecule has 1 aromatic carbocycles. The molecule has 0 aromatic heterocycles. The molecule has 1 rings (SSSR count). The highest BCUT2D eigenvalue weighted by molar-refractivity contribution is 5.89. The molecule has 49 heavy (non-hydrogen) atoms. The first-order chi connectivity index (χ1) is 23.7. The monoisotopic (exact) mass is 674 g/mol. The molecule has 2 amide bonds. The highest BCUT2D eigenvalue weighted by Crippen LogP contribution is 2.25. The van der Waals surface area contributed by atoms with Crippen molar-refractivity contribution in [2.24, 2.45) is 10.8 Å². The van der Waals surface area contributed by atoms with Crippen LogP contribution in [0.15, 0.2) is 18.2 Å². The van der Waals surface area contributed by atoms with Gasteiger partial charge in [-0.15, -0.1) is 38.5 Å². The normalized spacial score (nSPS) is 10.6. The number of carbonyl (C=O) groups excluding carboxylic acids is 2. The zero-order valence-corrected chi connectivity index (χ0v) is 27.7. The van der Waals surface area contributed by atoms with E-state index in [0.29, 0.717) is 16.9 Å². The van der Waals surface area contributed by atoms with Crippen LogP contribution in [0, 0.1) is 91.8 Å². The van der Waals surface area contributed by atoms with Gasteiger partial charge in [-0.05, 0) is 24.6 Å². The Morgan fingerprint density at radius 3 is 1.20 bits per heavy atom. The maximum Gasteiger partial charge on any atom is 0.411 e. The van der Waals surface area contributed by atoms with Gasteiger partial charge in [-0.3, -0.25) is 10.6 Å². The maximum atomic E-state index is 12.9. The van der Waals surface area contributed by atoms with Gasteiger partial charge in [0, 0.05) is 11.4 Å². The number of amides is 2. The third-order valence-corrected chi connectivity index (χ3v) is 6.30. The number of aryl methyl sites for hydroxylation is 1. The van der Waals surface area contributed by atoms with Crippen molar-refractivity contribution in [2.45, 2.75) is 6.92 Å². The van der Waals surface area contributed by atoms with Crippen LogP contribution in [0.3, 0.4) is 0 Å². The second-order valence-corrected chi connectivity index (χ2v) is 10.6. The number of terminal acetylenes is 6. The number of anilines is 2. The Morgan fingerprint density at radius 2 is 0.878 bits per heavy atom. The first kappa shape index (κ1) is 41.9. The lowest BCUT2D eigenvalue weighted by Crippen LogP contribution is -2.43. The quantitative estimate of drug-likeness (QED) is 0.125. The van der Waals surface area contributed by atoms with Crippen LogP contribution in [0.25, 0.3) is 0 Å². The van der Waals surface area contributed by atoms with Crippen molar-refractivity contribution < 1.29 is 47.5 Å². The Kier molecular flexibility index (Phi) is 21.4. The molecule has 0 spiro atoms. The summed E-state index contributed by atoms with van der Waals surface area (Å²) in [6.45, 7) is 1.65. The average Bonchev–Trinajstić information content (AvgIpc) is 3.08. The van der Waals surface area contributed by atoms with Gasteiger partial charge in [0.15, 0.2) is 0 Å². The smallest absolute Gasteiger partial charge is 0.411 e. The Morgan fingerprint density at radius 1 is 0.551 bits per heavy atom. The van der Waals surface area contributed by atoms with E-state index in [2.05, 4.69) is 46.2 Å². The van der Waals surface area contributed by atoms with Gasteiger partial charge in [0.05, 0.1) is 50.5 Å². The topological polar surface area (TPSA) is 132 Å². The number of carbonyl (C=O) groups is 2. The highest BCUT2D eigenvalue weighted by atomic mass is 16.6. The van der Waals surface area contributed by atoms with Crippen molar-refractivity contribution in [1.82, 2.24) is 0 Å². The Bertz CT molecular complexity index is 1330. The van der Waals surface area contributed by atoms with E-state index in [4.69, 9.17) is 76.4 Å². The van der Waals surface area contributed by atoms with Crippen LogP contribution in [-0.2, 0) is 37.9 Å². The van der Waals surface area contributed by atoms with E-state index in [9.17, 15) is 9.59 Å². The van der Waals surface area contributed by atoms with Gasteiger partial charge < -0.3 is 37.9 Å². The van der Waals surface area contributed by atoms with Crippen LogP contribution in [0.5, 0.6) is 0 Å². The summed E-state index contributed by atoms with van der Waals surface area (Å²) >= 11 is 0. The van der Waals surface area contributed by atoms with E-state index in [1.807, 2.05) is 0 Å². The Labute approximate surface area is 289 Å². The summed E-state index contributed by atoms with van der Waals surface area (Å²) in [6.07, 6.45) is 30.3. The van der Waals surface area contributed by atoms with Crippen LogP contribution in [0.4, 0.5) is 21.0 Å². The fourth-order valence-corrected chi connectivity index (χ4v) is 4.03. The van der Waals surface area contributed by atoms with E-state index in [1.54, 1.807) is 19.1 Å². The molecule has 0 aliphatic heterocycles. The molecule has 0 unspecified atom stereocenters. The van der Waals surface area contributed by atoms with E-state index in [0.717, 1.165) is 0 Å². The molecule has 0 aliphatic carbocycles. The minimum absolute atomic E-state index is 0.0132. The van der Waals surface area contributed by atoms with E-state index < -0.39 is 23.0 Å². The molecular formula is C37H42N2O10. The Hall–Kier alpha value is -5.12. The fraction of sp³-hybridized carbons (Fsp3) is 0.459. The van der Waals surface area contributed by atoms with Crippen LogP contribution in [0.2, 0.25) is 0 Å². The summed E-state index contributed by atoms with van der Waals surface area (Å²) < 4.78 is 44.3. The number of nitrogens with one attached hydrogen (secondary N) is 2. The van der Waals surface area contributed by atoms with Crippen LogP contribution >= 0.6 is 0 Å². The first-order valence-corrected chi connectivity index (χ1v) is 14.8. The average molecular weight is 675 g/mol. The molecule has 0 saturated carbocycles. The molecule has 0 saturated heterocycles. The molecule has 0 fully saturated rings. The van der Waals surface area contributed by atoms with Crippen molar-refractivity contribution >= 4 is 23.6 Å². The molecule has 260 valence electrons. The minimum atomic E-state index is -0.969. The summed E-state index contributed by atoms with van der Waals surface area (Å²) in [7, 11) is 0. The van der Waals surface area contributed by atoms with Gasteiger partial charge >= 0.3 is 12.2 Å². The van der Waals surface area contributed by atoms with Gasteiger partial charge in [0.1, 0.15) is 52.9 Å². The van der Waals surface area contributed by atoms with Gasteiger partial charge in [-0.25, -0.2) is 9.59 Å². The summed E-state index contributed by atoms with van der Waals surface area (Å²) in [6, 6.07) is 4.84. The van der Waals surface area contributed by atoms with Crippen molar-refractivity contribution in [2.75, 3.05) is 103 Å². The fourth-order valence-electron chi connectivity index (χ4n) is 4.03. The zero-order chi connectivity index (χ0) is 36.2. The molecule has 0 atom stereocenters. The summed E-state index contributed by atoms with van der Waals surface area (Å²) in [5, 5.41) is 5.30. The van der Waals surface area contributed by atoms with E-state index in [-0.39, 0.29) is 92.5 Å². The number of ether oxygens (including phenoxy) is 8. The molecular weight excluding hydrogens is 632 g/mol. The molecule has 12 heteroatoms. The highest BCUT2D eigenvalue weighted by Gasteiger charge is 2.35. The lowest BCUT2D eigenvalue weighted by Gasteiger charge is -2.32. The van der Waals surface area contributed by atoms with Crippen molar-refractivity contribution in [3.05, 3.63) is 23.8 Å². The number of rotatable bonds is 24. The predicted molar refractivity (Wildman–Crippen MR) is 184 cm³/mol. The van der Waals surface area contributed by atoms with Gasteiger partial charge in [0.2, 0.25) is 0 Å². The Balaban J connectivity index is 3.01. The molecule has 12 nitrogen and oxygen atoms in total. The first-order valence-electron chi connectivity index (χ1n) is 14.8. The molecule has 0 aliphatic rings. The number of hydrogen-bond donors (Lipinski definition) is 2. The minimum Gasteiger partial charge on any atom is -0.448 e. The third-order valence-electron chi connectivity index (χ3n) is 6.30. The van der Waals surface area contributed by atoms with Gasteiger partial charge in [-0.2, -0.15) is 0 Å². The second kappa shape index (κ2) is 25.0. The van der Waals surface area contributed by atoms with Gasteiger partial charge in [-0.1, -0.05) is 41.6 Å². The summed E-state index contributed by atoms with van der Waals surface area (Å²) in [4.78, 5) is 25.8. The second-order valence-electron chi connectivity index (χ2n) is 10.6. The summed E-state index contributed by atoms with van der Waals surface area (Å²) in [5.41, 5.74) is -0.593. The van der Waals surface area contributed by atoms with Gasteiger partial charge in [0.25, 0.3) is 0 Å². The number of hydrogen-bond acceptors (Lipinski definition) is 10.